The molecule has 0 amide bonds. The van der Waals surface area contributed by atoms with Gasteiger partial charge in [0.2, 0.25) is 0 Å². The lowest BCUT2D eigenvalue weighted by atomic mass is 9.90. The van der Waals surface area contributed by atoms with Crippen LogP contribution in [-0.4, -0.2) is 0 Å². The van der Waals surface area contributed by atoms with Crippen LogP contribution in [0.4, 0.5) is 0 Å². The number of benzene rings is 2. The van der Waals surface area contributed by atoms with E-state index in [1.54, 1.807) is 0 Å². The quantitative estimate of drug-likeness (QED) is 0.567. The fourth-order valence-corrected chi connectivity index (χ4v) is 2.19. The molecule has 0 aliphatic carbocycles. The second kappa shape index (κ2) is 4.33. The van der Waals surface area contributed by atoms with Crippen LogP contribution in [0.3, 0.4) is 0 Å². The number of fused-ring (bicyclic) bond motifs is 2. The lowest BCUT2D eigenvalue weighted by Crippen LogP contribution is -2.03. The van der Waals surface area contributed by atoms with Crippen molar-refractivity contribution in [3.05, 3.63) is 65.2 Å². The van der Waals surface area contributed by atoms with Gasteiger partial charge in [-0.2, -0.15) is 10.5 Å². The van der Waals surface area contributed by atoms with Crippen molar-refractivity contribution in [3.8, 4) is 23.6 Å². The van der Waals surface area contributed by atoms with E-state index < -0.39 is 0 Å². The summed E-state index contributed by atoms with van der Waals surface area (Å²) < 4.78 is 5.79. The molecule has 2 aromatic carbocycles. The standard InChI is InChI=1S/C16H8N2O/c17-9-11(10-18)16-12-5-1-3-7-14(12)19-15-8-4-2-6-13(15)16/h1-8H. The van der Waals surface area contributed by atoms with E-state index in [2.05, 4.69) is 0 Å². The van der Waals surface area contributed by atoms with Gasteiger partial charge in [-0.05, 0) is 12.1 Å². The molecule has 0 saturated heterocycles. The predicted octanol–water partition coefficient (Wildman–Crippen LogP) is 3.64. The van der Waals surface area contributed by atoms with Crippen LogP contribution in [-0.2, 0) is 0 Å². The van der Waals surface area contributed by atoms with Crippen LogP contribution < -0.4 is 4.74 Å². The first-order valence-electron chi connectivity index (χ1n) is 5.76. The van der Waals surface area contributed by atoms with Gasteiger partial charge in [0.15, 0.2) is 0 Å². The molecule has 3 rings (SSSR count). The Bertz CT molecular complexity index is 712. The van der Waals surface area contributed by atoms with E-state index in [-0.39, 0.29) is 5.57 Å². The number of allylic oxidation sites excluding steroid dienone is 1. The fourth-order valence-electron chi connectivity index (χ4n) is 2.19. The molecule has 0 saturated carbocycles. The first-order valence-corrected chi connectivity index (χ1v) is 5.76. The molecule has 1 heterocycles. The van der Waals surface area contributed by atoms with Crippen LogP contribution in [0.5, 0.6) is 11.5 Å². The molecule has 3 heteroatoms. The van der Waals surface area contributed by atoms with Crippen LogP contribution in [0.2, 0.25) is 0 Å². The lowest BCUT2D eigenvalue weighted by molar-refractivity contribution is 0.474. The highest BCUT2D eigenvalue weighted by Gasteiger charge is 2.24. The summed E-state index contributed by atoms with van der Waals surface area (Å²) in [5.74, 6) is 1.33. The summed E-state index contributed by atoms with van der Waals surface area (Å²) in [6, 6.07) is 18.8. The van der Waals surface area contributed by atoms with E-state index in [0.717, 1.165) is 11.1 Å². The molecule has 0 spiro atoms. The average Bonchev–Trinajstić information content (AvgIpc) is 2.47. The summed E-state index contributed by atoms with van der Waals surface area (Å²) in [6.45, 7) is 0. The number of hydrogen-bond acceptors (Lipinski definition) is 3. The first-order chi connectivity index (χ1) is 9.35. The fraction of sp³-hybridized carbons (Fsp3) is 0. The number of rotatable bonds is 0. The Balaban J connectivity index is 2.40. The minimum atomic E-state index is 0.100. The summed E-state index contributed by atoms with van der Waals surface area (Å²) in [7, 11) is 0. The van der Waals surface area contributed by atoms with Gasteiger partial charge >= 0.3 is 0 Å². The molecule has 0 unspecified atom stereocenters. The molecule has 19 heavy (non-hydrogen) atoms. The van der Waals surface area contributed by atoms with Gasteiger partial charge in [0.05, 0.1) is 0 Å². The van der Waals surface area contributed by atoms with Gasteiger partial charge in [-0.25, -0.2) is 0 Å². The van der Waals surface area contributed by atoms with Crippen molar-refractivity contribution in [2.45, 2.75) is 0 Å². The summed E-state index contributed by atoms with van der Waals surface area (Å²) in [6.07, 6.45) is 0. The highest BCUT2D eigenvalue weighted by Crippen LogP contribution is 2.44. The van der Waals surface area contributed by atoms with Crippen molar-refractivity contribution in [2.75, 3.05) is 0 Å². The normalized spacial score (nSPS) is 11.4. The zero-order chi connectivity index (χ0) is 13.2. The van der Waals surface area contributed by atoms with E-state index >= 15 is 0 Å². The molecule has 1 aliphatic heterocycles. The largest absolute Gasteiger partial charge is 0.456 e. The Hall–Kier alpha value is -3.04. The van der Waals surface area contributed by atoms with E-state index in [9.17, 15) is 0 Å². The van der Waals surface area contributed by atoms with E-state index in [4.69, 9.17) is 15.3 Å². The maximum atomic E-state index is 9.16. The van der Waals surface area contributed by atoms with Crippen molar-refractivity contribution in [2.24, 2.45) is 0 Å². The van der Waals surface area contributed by atoms with Gasteiger partial charge in [-0.3, -0.25) is 0 Å². The van der Waals surface area contributed by atoms with Crippen molar-refractivity contribution in [1.82, 2.24) is 0 Å². The first kappa shape index (κ1) is 11.1. The summed E-state index contributed by atoms with van der Waals surface area (Å²) in [5, 5.41) is 18.3. The summed E-state index contributed by atoms with van der Waals surface area (Å²) in [5.41, 5.74) is 2.30. The van der Waals surface area contributed by atoms with E-state index in [1.807, 2.05) is 60.7 Å². The van der Waals surface area contributed by atoms with Crippen molar-refractivity contribution < 1.29 is 4.74 Å². The molecule has 3 nitrogen and oxygen atoms in total. The minimum Gasteiger partial charge on any atom is -0.456 e. The highest BCUT2D eigenvalue weighted by molar-refractivity contribution is 5.92. The molecule has 0 radical (unpaired) electrons. The number of nitriles is 2. The number of nitrogens with zero attached hydrogens (tertiary/aromatic N) is 2. The molecular weight excluding hydrogens is 236 g/mol. The molecule has 2 aromatic rings. The predicted molar refractivity (Wildman–Crippen MR) is 70.2 cm³/mol. The Labute approximate surface area is 110 Å². The highest BCUT2D eigenvalue weighted by atomic mass is 16.5. The molecule has 1 aliphatic rings. The second-order valence-electron chi connectivity index (χ2n) is 4.07. The van der Waals surface area contributed by atoms with Crippen LogP contribution >= 0.6 is 0 Å². The van der Waals surface area contributed by atoms with E-state index in [0.29, 0.717) is 17.1 Å². The Morgan fingerprint density at radius 1 is 0.789 bits per heavy atom. The topological polar surface area (TPSA) is 56.8 Å². The van der Waals surface area contributed by atoms with Gasteiger partial charge in [0.1, 0.15) is 29.2 Å². The maximum Gasteiger partial charge on any atom is 0.138 e. The molecule has 0 bridgehead atoms. The van der Waals surface area contributed by atoms with Crippen LogP contribution in [0.1, 0.15) is 11.1 Å². The SMILES string of the molecule is N#CC(C#N)=C1c2ccccc2Oc2ccccc21. The Morgan fingerprint density at radius 2 is 1.26 bits per heavy atom. The Morgan fingerprint density at radius 3 is 1.74 bits per heavy atom. The molecular formula is C16H8N2O. The minimum absolute atomic E-state index is 0.100. The van der Waals surface area contributed by atoms with Crippen molar-refractivity contribution in [3.63, 3.8) is 0 Å². The molecule has 0 N–H and O–H groups in total. The zero-order valence-electron chi connectivity index (χ0n) is 9.92. The van der Waals surface area contributed by atoms with Gasteiger partial charge in [0, 0.05) is 16.7 Å². The lowest BCUT2D eigenvalue weighted by Gasteiger charge is -2.22. The summed E-state index contributed by atoms with van der Waals surface area (Å²) >= 11 is 0. The maximum absolute atomic E-state index is 9.16. The number of para-hydroxylation sites is 2. The van der Waals surface area contributed by atoms with Crippen molar-refractivity contribution in [1.29, 1.82) is 10.5 Å². The van der Waals surface area contributed by atoms with Gasteiger partial charge < -0.3 is 4.74 Å². The second-order valence-corrected chi connectivity index (χ2v) is 4.07. The summed E-state index contributed by atoms with van der Waals surface area (Å²) in [4.78, 5) is 0. The van der Waals surface area contributed by atoms with E-state index in [1.165, 1.54) is 0 Å². The molecule has 0 fully saturated rings. The number of ether oxygens (including phenoxy) is 1. The monoisotopic (exact) mass is 244 g/mol. The third-order valence-corrected chi connectivity index (χ3v) is 3.01. The average molecular weight is 244 g/mol. The third kappa shape index (κ3) is 1.66. The van der Waals surface area contributed by atoms with Crippen LogP contribution in [0, 0.1) is 22.7 Å². The molecule has 88 valence electrons. The third-order valence-electron chi connectivity index (χ3n) is 3.01. The van der Waals surface area contributed by atoms with Gasteiger partial charge in [0.25, 0.3) is 0 Å². The van der Waals surface area contributed by atoms with Gasteiger partial charge in [-0.15, -0.1) is 0 Å². The van der Waals surface area contributed by atoms with Gasteiger partial charge in [-0.1, -0.05) is 36.4 Å². The van der Waals surface area contributed by atoms with Crippen LogP contribution in [0.25, 0.3) is 5.57 Å². The van der Waals surface area contributed by atoms with Crippen molar-refractivity contribution >= 4 is 5.57 Å². The number of hydrogen-bond donors (Lipinski definition) is 0. The van der Waals surface area contributed by atoms with Crippen LogP contribution in [0.15, 0.2) is 54.1 Å². The zero-order valence-corrected chi connectivity index (χ0v) is 9.92. The Kier molecular flexibility index (Phi) is 2.52. The molecule has 0 atom stereocenters. The smallest absolute Gasteiger partial charge is 0.138 e. The molecule has 0 aromatic heterocycles.